The number of hydrogen-bond donors (Lipinski definition) is 0. The standard InChI is InChI=1S/C13H20O4S/c1-9(2)8-16-5-6-17-11-7-10(3)12(18-11)13(14)15-4/h7,9H,5-6,8H2,1-4H3. The number of thiophene rings is 1. The maximum atomic E-state index is 11.4. The van der Waals surface area contributed by atoms with Crippen molar-refractivity contribution in [1.29, 1.82) is 0 Å². The topological polar surface area (TPSA) is 44.8 Å². The zero-order chi connectivity index (χ0) is 13.5. The number of esters is 1. The number of carbonyl (C=O) groups excluding carboxylic acids is 1. The van der Waals surface area contributed by atoms with Crippen LogP contribution in [0, 0.1) is 12.8 Å². The van der Waals surface area contributed by atoms with Gasteiger partial charge in [0.15, 0.2) is 5.06 Å². The van der Waals surface area contributed by atoms with Crippen LogP contribution in [0.1, 0.15) is 29.1 Å². The number of rotatable bonds is 7. The van der Waals surface area contributed by atoms with E-state index >= 15 is 0 Å². The van der Waals surface area contributed by atoms with Crippen LogP contribution in [0.5, 0.6) is 5.06 Å². The van der Waals surface area contributed by atoms with Gasteiger partial charge in [0.2, 0.25) is 0 Å². The minimum Gasteiger partial charge on any atom is -0.482 e. The third kappa shape index (κ3) is 4.66. The predicted octanol–water partition coefficient (Wildman–Crippen LogP) is 2.89. The van der Waals surface area contributed by atoms with Crippen molar-refractivity contribution in [3.63, 3.8) is 0 Å². The summed E-state index contributed by atoms with van der Waals surface area (Å²) in [6.45, 7) is 7.86. The van der Waals surface area contributed by atoms with Crippen molar-refractivity contribution in [3.8, 4) is 5.06 Å². The number of carbonyl (C=O) groups is 1. The highest BCUT2D eigenvalue weighted by molar-refractivity contribution is 7.15. The van der Waals surface area contributed by atoms with Crippen molar-refractivity contribution in [1.82, 2.24) is 0 Å². The Bertz CT molecular complexity index is 384. The molecule has 0 aliphatic carbocycles. The van der Waals surface area contributed by atoms with E-state index in [9.17, 15) is 4.79 Å². The molecule has 5 heteroatoms. The highest BCUT2D eigenvalue weighted by Crippen LogP contribution is 2.29. The Hall–Kier alpha value is -1.07. The summed E-state index contributed by atoms with van der Waals surface area (Å²) in [6, 6.07) is 1.85. The monoisotopic (exact) mass is 272 g/mol. The maximum absolute atomic E-state index is 11.4. The van der Waals surface area contributed by atoms with E-state index in [2.05, 4.69) is 13.8 Å². The first-order chi connectivity index (χ1) is 8.54. The summed E-state index contributed by atoms with van der Waals surface area (Å²) < 4.78 is 15.6. The lowest BCUT2D eigenvalue weighted by Gasteiger charge is -2.06. The van der Waals surface area contributed by atoms with Crippen LogP contribution in [-0.4, -0.2) is 32.9 Å². The van der Waals surface area contributed by atoms with Crippen LogP contribution in [0.25, 0.3) is 0 Å². The highest BCUT2D eigenvalue weighted by Gasteiger charge is 2.14. The van der Waals surface area contributed by atoms with Gasteiger partial charge in [0.25, 0.3) is 0 Å². The molecule has 0 aromatic carbocycles. The van der Waals surface area contributed by atoms with Crippen molar-refractivity contribution in [2.45, 2.75) is 20.8 Å². The molecule has 0 saturated heterocycles. The molecule has 0 aliphatic heterocycles. The molecule has 0 bridgehead atoms. The number of methoxy groups -OCH3 is 1. The fraction of sp³-hybridized carbons (Fsp3) is 0.615. The SMILES string of the molecule is COC(=O)c1sc(OCCOCC(C)C)cc1C. The van der Waals surface area contributed by atoms with E-state index in [0.717, 1.165) is 17.2 Å². The Morgan fingerprint density at radius 1 is 1.39 bits per heavy atom. The predicted molar refractivity (Wildman–Crippen MR) is 71.5 cm³/mol. The lowest BCUT2D eigenvalue weighted by atomic mass is 10.2. The molecule has 0 fully saturated rings. The van der Waals surface area contributed by atoms with E-state index in [1.54, 1.807) is 0 Å². The first-order valence-corrected chi connectivity index (χ1v) is 6.75. The first kappa shape index (κ1) is 15.0. The van der Waals surface area contributed by atoms with Crippen molar-refractivity contribution in [2.75, 3.05) is 26.9 Å². The summed E-state index contributed by atoms with van der Waals surface area (Å²) in [5, 5.41) is 0.723. The summed E-state index contributed by atoms with van der Waals surface area (Å²) in [6.07, 6.45) is 0. The lowest BCUT2D eigenvalue weighted by Crippen LogP contribution is -2.09. The highest BCUT2D eigenvalue weighted by atomic mass is 32.1. The van der Waals surface area contributed by atoms with Crippen molar-refractivity contribution in [3.05, 3.63) is 16.5 Å². The summed E-state index contributed by atoms with van der Waals surface area (Å²) >= 11 is 1.30. The molecule has 1 aromatic rings. The van der Waals surface area contributed by atoms with Gasteiger partial charge in [-0.2, -0.15) is 0 Å². The van der Waals surface area contributed by atoms with Crippen LogP contribution in [0.4, 0.5) is 0 Å². The van der Waals surface area contributed by atoms with E-state index in [1.807, 2.05) is 13.0 Å². The van der Waals surface area contributed by atoms with E-state index in [4.69, 9.17) is 14.2 Å². The molecule has 0 N–H and O–H groups in total. The quantitative estimate of drug-likeness (QED) is 0.565. The number of ether oxygens (including phenoxy) is 3. The molecule has 102 valence electrons. The van der Waals surface area contributed by atoms with Gasteiger partial charge >= 0.3 is 5.97 Å². The molecule has 0 saturated carbocycles. The molecule has 18 heavy (non-hydrogen) atoms. The second kappa shape index (κ2) is 7.38. The van der Waals surface area contributed by atoms with Gasteiger partial charge in [-0.05, 0) is 24.5 Å². The lowest BCUT2D eigenvalue weighted by molar-refractivity contribution is 0.0605. The molecule has 1 heterocycles. The summed E-state index contributed by atoms with van der Waals surface area (Å²) in [7, 11) is 1.38. The maximum Gasteiger partial charge on any atom is 0.348 e. The van der Waals surface area contributed by atoms with Gasteiger partial charge in [-0.25, -0.2) is 4.79 Å². The molecule has 0 radical (unpaired) electrons. The first-order valence-electron chi connectivity index (χ1n) is 5.94. The van der Waals surface area contributed by atoms with Crippen LogP contribution in [0.15, 0.2) is 6.07 Å². The van der Waals surface area contributed by atoms with Gasteiger partial charge in [0.1, 0.15) is 11.5 Å². The minimum atomic E-state index is -0.316. The van der Waals surface area contributed by atoms with Crippen LogP contribution >= 0.6 is 11.3 Å². The van der Waals surface area contributed by atoms with E-state index in [0.29, 0.717) is 24.0 Å². The molecular formula is C13H20O4S. The molecule has 0 spiro atoms. The van der Waals surface area contributed by atoms with Gasteiger partial charge in [-0.3, -0.25) is 0 Å². The molecule has 4 nitrogen and oxygen atoms in total. The van der Waals surface area contributed by atoms with Crippen LogP contribution in [0.2, 0.25) is 0 Å². The number of hydrogen-bond acceptors (Lipinski definition) is 5. The number of aryl methyl sites for hydroxylation is 1. The fourth-order valence-electron chi connectivity index (χ4n) is 1.34. The van der Waals surface area contributed by atoms with E-state index in [1.165, 1.54) is 18.4 Å². The van der Waals surface area contributed by atoms with Gasteiger partial charge in [0, 0.05) is 6.61 Å². The van der Waals surface area contributed by atoms with Crippen LogP contribution in [0.3, 0.4) is 0 Å². The zero-order valence-electron chi connectivity index (χ0n) is 11.3. The van der Waals surface area contributed by atoms with Crippen molar-refractivity contribution in [2.24, 2.45) is 5.92 Å². The Balaban J connectivity index is 2.37. The second-order valence-electron chi connectivity index (χ2n) is 4.39. The van der Waals surface area contributed by atoms with Gasteiger partial charge in [-0.1, -0.05) is 25.2 Å². The molecule has 0 unspecified atom stereocenters. The Kier molecular flexibility index (Phi) is 6.15. The van der Waals surface area contributed by atoms with Gasteiger partial charge in [0.05, 0.1) is 13.7 Å². The molecule has 0 aliphatic rings. The normalized spacial score (nSPS) is 10.7. The van der Waals surface area contributed by atoms with Gasteiger partial charge in [-0.15, -0.1) is 0 Å². The van der Waals surface area contributed by atoms with E-state index in [-0.39, 0.29) is 5.97 Å². The average molecular weight is 272 g/mol. The molecule has 1 aromatic heterocycles. The molecule has 1 rings (SSSR count). The van der Waals surface area contributed by atoms with Crippen molar-refractivity contribution >= 4 is 17.3 Å². The third-order valence-corrected chi connectivity index (χ3v) is 3.32. The van der Waals surface area contributed by atoms with Gasteiger partial charge < -0.3 is 14.2 Å². The van der Waals surface area contributed by atoms with Crippen molar-refractivity contribution < 1.29 is 19.0 Å². The largest absolute Gasteiger partial charge is 0.482 e. The second-order valence-corrected chi connectivity index (χ2v) is 5.40. The van der Waals surface area contributed by atoms with Crippen LogP contribution in [-0.2, 0) is 9.47 Å². The third-order valence-electron chi connectivity index (χ3n) is 2.19. The summed E-state index contributed by atoms with van der Waals surface area (Å²) in [4.78, 5) is 12.0. The Labute approximate surface area is 112 Å². The fourth-order valence-corrected chi connectivity index (χ4v) is 2.31. The zero-order valence-corrected chi connectivity index (χ0v) is 12.1. The minimum absolute atomic E-state index is 0.316. The Morgan fingerprint density at radius 3 is 2.72 bits per heavy atom. The Morgan fingerprint density at radius 2 is 2.11 bits per heavy atom. The molecule has 0 amide bonds. The average Bonchev–Trinajstić information content (AvgIpc) is 2.69. The molecular weight excluding hydrogens is 252 g/mol. The smallest absolute Gasteiger partial charge is 0.348 e. The van der Waals surface area contributed by atoms with E-state index < -0.39 is 0 Å². The molecule has 0 atom stereocenters. The summed E-state index contributed by atoms with van der Waals surface area (Å²) in [5.41, 5.74) is 0.880. The van der Waals surface area contributed by atoms with Crippen LogP contribution < -0.4 is 4.74 Å². The summed E-state index contributed by atoms with van der Waals surface area (Å²) in [5.74, 6) is 0.211.